The van der Waals surface area contributed by atoms with Crippen molar-refractivity contribution in [2.45, 2.75) is 18.1 Å². The summed E-state index contributed by atoms with van der Waals surface area (Å²) in [6.07, 6.45) is -3.77. The highest BCUT2D eigenvalue weighted by atomic mass is 35.5. The van der Waals surface area contributed by atoms with Crippen LogP contribution in [0.2, 0.25) is 5.02 Å². The van der Waals surface area contributed by atoms with E-state index in [9.17, 15) is 30.8 Å². The fraction of sp³-hybridized carbons (Fsp3) is 0.286. The molecule has 0 aliphatic carbocycles. The molecule has 0 atom stereocenters. The fourth-order valence-electron chi connectivity index (χ4n) is 1.87. The molecule has 2 aromatic heterocycles. The van der Waals surface area contributed by atoms with Crippen LogP contribution in [0.5, 0.6) is 0 Å². The Morgan fingerprint density at radius 3 is 2.48 bits per heavy atom. The first-order chi connectivity index (χ1) is 12.5. The number of carbonyl (C=O) groups is 1. The molecule has 0 saturated heterocycles. The number of ether oxygens (including phenoxy) is 1. The number of pyridine rings is 1. The predicted octanol–water partition coefficient (Wildman–Crippen LogP) is 2.69. The molecular weight excluding hydrogens is 418 g/mol. The highest BCUT2D eigenvalue weighted by Crippen LogP contribution is 2.33. The van der Waals surface area contributed by atoms with E-state index in [1.165, 1.54) is 6.92 Å². The highest BCUT2D eigenvalue weighted by Gasteiger charge is 2.32. The van der Waals surface area contributed by atoms with Crippen molar-refractivity contribution in [2.24, 2.45) is 0 Å². The molecule has 0 bridgehead atoms. The van der Waals surface area contributed by atoms with Crippen LogP contribution >= 0.6 is 11.6 Å². The second-order valence-electron chi connectivity index (χ2n) is 4.96. The Hall–Kier alpha value is -2.34. The molecular formula is C14H10ClF4N3O4S. The molecule has 7 nitrogen and oxygen atoms in total. The second-order valence-corrected chi connectivity index (χ2v) is 7.28. The van der Waals surface area contributed by atoms with Crippen molar-refractivity contribution in [1.29, 1.82) is 0 Å². The van der Waals surface area contributed by atoms with Gasteiger partial charge in [-0.1, -0.05) is 11.6 Å². The SMILES string of the molecule is CCOC(=O)CS(=O)(=O)c1nc(-c2ncc(C(F)(F)F)cc2Cl)ncc1F. The number of rotatable bonds is 5. The van der Waals surface area contributed by atoms with Gasteiger partial charge in [0, 0.05) is 6.20 Å². The number of hydrogen-bond acceptors (Lipinski definition) is 7. The number of halogens is 5. The molecule has 27 heavy (non-hydrogen) atoms. The average molecular weight is 428 g/mol. The van der Waals surface area contributed by atoms with Crippen molar-refractivity contribution in [3.63, 3.8) is 0 Å². The molecule has 2 aromatic rings. The lowest BCUT2D eigenvalue weighted by atomic mass is 10.2. The Morgan fingerprint density at radius 2 is 1.93 bits per heavy atom. The highest BCUT2D eigenvalue weighted by molar-refractivity contribution is 7.92. The quantitative estimate of drug-likeness (QED) is 0.411. The van der Waals surface area contributed by atoms with Crippen LogP contribution in [0.15, 0.2) is 23.5 Å². The van der Waals surface area contributed by atoms with Gasteiger partial charge in [-0.05, 0) is 13.0 Å². The monoisotopic (exact) mass is 427 g/mol. The standard InChI is InChI=1S/C14H10ClF4N3O4S/c1-2-26-10(23)6-27(24,25)13-9(16)5-21-12(22-13)11-8(15)3-7(4-20-11)14(17,18)19/h3-5H,2,6H2,1H3. The van der Waals surface area contributed by atoms with Gasteiger partial charge in [-0.25, -0.2) is 22.8 Å². The van der Waals surface area contributed by atoms with Gasteiger partial charge in [-0.15, -0.1) is 0 Å². The van der Waals surface area contributed by atoms with Crippen molar-refractivity contribution in [2.75, 3.05) is 12.4 Å². The zero-order valence-corrected chi connectivity index (χ0v) is 15.0. The van der Waals surface area contributed by atoms with Crippen LogP contribution in [0, 0.1) is 5.82 Å². The molecule has 2 heterocycles. The Morgan fingerprint density at radius 1 is 1.26 bits per heavy atom. The van der Waals surface area contributed by atoms with Gasteiger partial charge in [-0.3, -0.25) is 9.78 Å². The van der Waals surface area contributed by atoms with E-state index in [1.807, 2.05) is 0 Å². The topological polar surface area (TPSA) is 99.1 Å². The van der Waals surface area contributed by atoms with Gasteiger partial charge < -0.3 is 4.74 Å². The average Bonchev–Trinajstić information content (AvgIpc) is 2.54. The van der Waals surface area contributed by atoms with Crippen LogP contribution in [0.1, 0.15) is 12.5 Å². The summed E-state index contributed by atoms with van der Waals surface area (Å²) < 4.78 is 80.7. The van der Waals surface area contributed by atoms with Crippen LogP contribution in [-0.2, 0) is 25.5 Å². The number of esters is 1. The van der Waals surface area contributed by atoms with Crippen molar-refractivity contribution < 1.29 is 35.5 Å². The minimum absolute atomic E-state index is 0.0864. The lowest BCUT2D eigenvalue weighted by Crippen LogP contribution is -2.21. The Balaban J connectivity index is 2.48. The number of carbonyl (C=O) groups excluding carboxylic acids is 1. The lowest BCUT2D eigenvalue weighted by molar-refractivity contribution is -0.140. The molecule has 0 saturated carbocycles. The molecule has 0 aliphatic heterocycles. The second kappa shape index (κ2) is 7.72. The third kappa shape index (κ3) is 4.89. The summed E-state index contributed by atoms with van der Waals surface area (Å²) in [5.41, 5.74) is -1.54. The molecule has 0 unspecified atom stereocenters. The summed E-state index contributed by atoms with van der Waals surface area (Å²) in [6.45, 7) is 1.36. The van der Waals surface area contributed by atoms with Crippen molar-refractivity contribution in [3.8, 4) is 11.5 Å². The zero-order chi connectivity index (χ0) is 20.4. The summed E-state index contributed by atoms with van der Waals surface area (Å²) in [7, 11) is -4.54. The molecule has 146 valence electrons. The molecule has 0 N–H and O–H groups in total. The molecule has 0 aromatic carbocycles. The summed E-state index contributed by atoms with van der Waals surface area (Å²) in [5.74, 6) is -4.19. The number of alkyl halides is 3. The minimum Gasteiger partial charge on any atom is -0.465 e. The third-order valence-electron chi connectivity index (χ3n) is 3.00. The van der Waals surface area contributed by atoms with Crippen molar-refractivity contribution in [3.05, 3.63) is 34.9 Å². The van der Waals surface area contributed by atoms with Gasteiger partial charge in [-0.2, -0.15) is 13.2 Å². The first-order valence-corrected chi connectivity index (χ1v) is 9.12. The van der Waals surface area contributed by atoms with Crippen LogP contribution in [0.25, 0.3) is 11.5 Å². The van der Waals surface area contributed by atoms with Gasteiger partial charge in [0.15, 0.2) is 22.4 Å². The van der Waals surface area contributed by atoms with E-state index in [-0.39, 0.29) is 6.61 Å². The maximum absolute atomic E-state index is 13.9. The molecule has 0 fully saturated rings. The van der Waals surface area contributed by atoms with Gasteiger partial charge in [0.1, 0.15) is 5.69 Å². The van der Waals surface area contributed by atoms with Gasteiger partial charge >= 0.3 is 12.1 Å². The number of aromatic nitrogens is 3. The van der Waals surface area contributed by atoms with Gasteiger partial charge in [0.05, 0.1) is 23.4 Å². The number of sulfone groups is 1. The van der Waals surface area contributed by atoms with Gasteiger partial charge in [0.2, 0.25) is 9.84 Å². The first kappa shape index (κ1) is 21.0. The summed E-state index contributed by atoms with van der Waals surface area (Å²) in [4.78, 5) is 21.8. The normalized spacial score (nSPS) is 12.1. The Labute approximate surface area is 155 Å². The molecule has 13 heteroatoms. The maximum Gasteiger partial charge on any atom is 0.417 e. The minimum atomic E-state index is -4.70. The Bertz CT molecular complexity index is 983. The smallest absolute Gasteiger partial charge is 0.417 e. The number of nitrogens with zero attached hydrogens (tertiary/aromatic N) is 3. The molecule has 0 aliphatic rings. The first-order valence-electron chi connectivity index (χ1n) is 7.09. The van der Waals surface area contributed by atoms with Crippen LogP contribution in [-0.4, -0.2) is 41.7 Å². The summed E-state index contributed by atoms with van der Waals surface area (Å²) in [5, 5.41) is -1.65. The van der Waals surface area contributed by atoms with Crippen LogP contribution < -0.4 is 0 Å². The number of hydrogen-bond donors (Lipinski definition) is 0. The summed E-state index contributed by atoms with van der Waals surface area (Å²) in [6, 6.07) is 0.545. The van der Waals surface area contributed by atoms with E-state index >= 15 is 0 Å². The molecule has 2 rings (SSSR count). The largest absolute Gasteiger partial charge is 0.465 e. The fourth-order valence-corrected chi connectivity index (χ4v) is 3.22. The van der Waals surface area contributed by atoms with Crippen LogP contribution in [0.3, 0.4) is 0 Å². The summed E-state index contributed by atoms with van der Waals surface area (Å²) >= 11 is 5.74. The predicted molar refractivity (Wildman–Crippen MR) is 83.9 cm³/mol. The van der Waals surface area contributed by atoms with Gasteiger partial charge in [0.25, 0.3) is 0 Å². The van der Waals surface area contributed by atoms with Crippen molar-refractivity contribution >= 4 is 27.4 Å². The zero-order valence-electron chi connectivity index (χ0n) is 13.4. The van der Waals surface area contributed by atoms with Crippen molar-refractivity contribution in [1.82, 2.24) is 15.0 Å². The van der Waals surface area contributed by atoms with E-state index in [0.717, 1.165) is 0 Å². The van der Waals surface area contributed by atoms with E-state index < -0.39 is 60.7 Å². The molecule has 0 spiro atoms. The maximum atomic E-state index is 13.9. The van der Waals surface area contributed by atoms with E-state index in [2.05, 4.69) is 19.7 Å². The van der Waals surface area contributed by atoms with E-state index in [0.29, 0.717) is 18.5 Å². The molecule has 0 radical (unpaired) electrons. The molecule has 0 amide bonds. The van der Waals surface area contributed by atoms with E-state index in [4.69, 9.17) is 11.6 Å². The van der Waals surface area contributed by atoms with Crippen LogP contribution in [0.4, 0.5) is 17.6 Å². The third-order valence-corrected chi connectivity index (χ3v) is 4.78. The van der Waals surface area contributed by atoms with E-state index in [1.54, 1.807) is 0 Å². The lowest BCUT2D eigenvalue weighted by Gasteiger charge is -2.09. The Kier molecular flexibility index (Phi) is 6.00.